The predicted octanol–water partition coefficient (Wildman–Crippen LogP) is 4.13. The van der Waals surface area contributed by atoms with Crippen LogP contribution < -0.4 is 4.90 Å². The minimum Gasteiger partial charge on any atom is -0.461 e. The summed E-state index contributed by atoms with van der Waals surface area (Å²) in [5.74, 6) is -2.49. The van der Waals surface area contributed by atoms with Gasteiger partial charge in [0.05, 0.1) is 39.9 Å². The maximum absolute atomic E-state index is 14.6. The summed E-state index contributed by atoms with van der Waals surface area (Å²) in [5, 5.41) is 10.5. The molecule has 3 fully saturated rings. The fourth-order valence-electron chi connectivity index (χ4n) is 6.19. The van der Waals surface area contributed by atoms with Crippen LogP contribution in [0.1, 0.15) is 25.3 Å². The van der Waals surface area contributed by atoms with Crippen molar-refractivity contribution in [2.24, 2.45) is 11.8 Å². The van der Waals surface area contributed by atoms with Crippen LogP contribution in [0.15, 0.2) is 43.5 Å². The van der Waals surface area contributed by atoms with Crippen molar-refractivity contribution in [2.45, 2.75) is 53.6 Å². The number of thioether (sulfide) groups is 1. The Hall–Kier alpha value is -1.81. The standard InChI is InChI=1S/C27H32BrClN2O5S/c1-5-11-30(21-15(4)9-8-10-18(21)29)25(34)23-27-13-17(28)22(37-27)19(26(35)36-12-6-2)20(27)24(33)31(23)16(7-3)14-32/h5-6,8-10,16-17,19-20,22-23,32H,1-2,7,11-14H2,3-4H3/t16-,17?,19+,20-,22+,23?,27?/m0/s1. The average Bonchev–Trinajstić information content (AvgIpc) is 3.46. The first-order chi connectivity index (χ1) is 17.7. The molecular formula is C27H32BrClN2O5S. The van der Waals surface area contributed by atoms with Crippen LogP contribution >= 0.6 is 39.3 Å². The number of carbonyl (C=O) groups is 3. The Kier molecular flexibility index (Phi) is 8.48. The van der Waals surface area contributed by atoms with Gasteiger partial charge in [-0.1, -0.05) is 65.3 Å². The Balaban J connectivity index is 1.86. The Morgan fingerprint density at radius 2 is 2.14 bits per heavy atom. The molecule has 3 heterocycles. The van der Waals surface area contributed by atoms with E-state index in [4.69, 9.17) is 16.3 Å². The van der Waals surface area contributed by atoms with Gasteiger partial charge < -0.3 is 19.6 Å². The van der Waals surface area contributed by atoms with Crippen LogP contribution in [0.5, 0.6) is 0 Å². The maximum Gasteiger partial charge on any atom is 0.311 e. The van der Waals surface area contributed by atoms with E-state index < -0.39 is 34.6 Å². The van der Waals surface area contributed by atoms with Crippen molar-refractivity contribution in [3.8, 4) is 0 Å². The average molecular weight is 612 g/mol. The molecule has 200 valence electrons. The van der Waals surface area contributed by atoms with Gasteiger partial charge in [0.25, 0.3) is 5.91 Å². The maximum atomic E-state index is 14.6. The second-order valence-electron chi connectivity index (χ2n) is 9.72. The molecule has 1 spiro atoms. The summed E-state index contributed by atoms with van der Waals surface area (Å²) in [7, 11) is 0. The first-order valence-electron chi connectivity index (χ1n) is 12.4. The van der Waals surface area contributed by atoms with Crippen LogP contribution in [0, 0.1) is 18.8 Å². The van der Waals surface area contributed by atoms with E-state index in [0.29, 0.717) is 23.6 Å². The first kappa shape index (κ1) is 28.2. The lowest BCUT2D eigenvalue weighted by Gasteiger charge is -2.40. The number of aliphatic hydroxyl groups is 1. The van der Waals surface area contributed by atoms with Gasteiger partial charge in [-0.05, 0) is 31.4 Å². The number of rotatable bonds is 10. The molecule has 3 aliphatic heterocycles. The summed E-state index contributed by atoms with van der Waals surface area (Å²) >= 11 is 11.8. The molecule has 1 N–H and O–H groups in total. The van der Waals surface area contributed by atoms with Crippen molar-refractivity contribution >= 4 is 62.8 Å². The number of amides is 2. The number of benzene rings is 1. The molecule has 3 unspecified atom stereocenters. The van der Waals surface area contributed by atoms with E-state index in [1.807, 2.05) is 26.0 Å². The summed E-state index contributed by atoms with van der Waals surface area (Å²) < 4.78 is 4.56. The zero-order valence-electron chi connectivity index (χ0n) is 20.9. The number of likely N-dealkylation sites (tertiary alicyclic amines) is 1. The minimum atomic E-state index is -0.898. The normalized spacial score (nSPS) is 30.7. The van der Waals surface area contributed by atoms with Crippen LogP contribution in [0.4, 0.5) is 5.69 Å². The van der Waals surface area contributed by atoms with E-state index in [1.54, 1.807) is 17.0 Å². The van der Waals surface area contributed by atoms with Crippen molar-refractivity contribution in [1.29, 1.82) is 0 Å². The Bertz CT molecular complexity index is 1090. The summed E-state index contributed by atoms with van der Waals surface area (Å²) in [6.45, 7) is 11.1. The zero-order chi connectivity index (χ0) is 27.1. The molecule has 0 aliphatic carbocycles. The number of halogens is 2. The Morgan fingerprint density at radius 1 is 1.41 bits per heavy atom. The van der Waals surface area contributed by atoms with Gasteiger partial charge in [-0.2, -0.15) is 0 Å². The molecule has 2 amide bonds. The van der Waals surface area contributed by atoms with E-state index in [1.165, 1.54) is 22.7 Å². The molecule has 0 saturated carbocycles. The van der Waals surface area contributed by atoms with Crippen LogP contribution in [0.3, 0.4) is 0 Å². The van der Waals surface area contributed by atoms with Crippen LogP contribution in [-0.4, -0.2) is 74.5 Å². The van der Waals surface area contributed by atoms with Gasteiger partial charge in [-0.3, -0.25) is 14.4 Å². The van der Waals surface area contributed by atoms with Gasteiger partial charge in [0.1, 0.15) is 12.6 Å². The molecule has 2 bridgehead atoms. The lowest BCUT2D eigenvalue weighted by atomic mass is 9.71. The number of ether oxygens (including phenoxy) is 1. The first-order valence-corrected chi connectivity index (χ1v) is 14.6. The fraction of sp³-hybridized carbons (Fsp3) is 0.519. The molecule has 3 saturated heterocycles. The Labute approximate surface area is 235 Å². The zero-order valence-corrected chi connectivity index (χ0v) is 24.1. The fourth-order valence-corrected chi connectivity index (χ4v) is 10.1. The van der Waals surface area contributed by atoms with Crippen molar-refractivity contribution in [3.05, 3.63) is 54.1 Å². The highest BCUT2D eigenvalue weighted by atomic mass is 79.9. The van der Waals surface area contributed by atoms with E-state index in [2.05, 4.69) is 29.1 Å². The number of hydrogen-bond acceptors (Lipinski definition) is 6. The van der Waals surface area contributed by atoms with E-state index in [0.717, 1.165) is 5.56 Å². The second-order valence-corrected chi connectivity index (χ2v) is 12.8. The number of para-hydroxylation sites is 1. The quantitative estimate of drug-likeness (QED) is 0.243. The molecular weight excluding hydrogens is 580 g/mol. The molecule has 0 aromatic heterocycles. The number of alkyl halides is 1. The third-order valence-corrected chi connectivity index (χ3v) is 11.2. The van der Waals surface area contributed by atoms with Gasteiger partial charge in [0.15, 0.2) is 0 Å². The van der Waals surface area contributed by atoms with Crippen LogP contribution in [0.25, 0.3) is 0 Å². The molecule has 7 atom stereocenters. The number of hydrogen-bond donors (Lipinski definition) is 1. The molecule has 4 rings (SSSR count). The summed E-state index contributed by atoms with van der Waals surface area (Å²) in [6.07, 6.45) is 4.11. The summed E-state index contributed by atoms with van der Waals surface area (Å²) in [5.41, 5.74) is 1.38. The highest BCUT2D eigenvalue weighted by Crippen LogP contribution is 2.68. The van der Waals surface area contributed by atoms with E-state index >= 15 is 0 Å². The van der Waals surface area contributed by atoms with Gasteiger partial charge in [-0.25, -0.2) is 0 Å². The van der Waals surface area contributed by atoms with E-state index in [9.17, 15) is 19.5 Å². The molecule has 1 aromatic rings. The molecule has 0 radical (unpaired) electrons. The summed E-state index contributed by atoms with van der Waals surface area (Å²) in [6, 6.07) is 3.95. The number of fused-ring (bicyclic) bond motifs is 1. The Morgan fingerprint density at radius 3 is 2.73 bits per heavy atom. The summed E-state index contributed by atoms with van der Waals surface area (Å²) in [4.78, 5) is 45.0. The number of carbonyl (C=O) groups excluding carboxylic acids is 3. The van der Waals surface area contributed by atoms with E-state index in [-0.39, 0.29) is 41.6 Å². The number of aliphatic hydroxyl groups excluding tert-OH is 1. The lowest BCUT2D eigenvalue weighted by Crippen LogP contribution is -2.58. The van der Waals surface area contributed by atoms with Gasteiger partial charge in [0, 0.05) is 16.6 Å². The van der Waals surface area contributed by atoms with Crippen molar-refractivity contribution < 1.29 is 24.2 Å². The lowest BCUT2D eigenvalue weighted by molar-refractivity contribution is -0.153. The number of aryl methyl sites for hydroxylation is 1. The van der Waals surface area contributed by atoms with Crippen molar-refractivity contribution in [2.75, 3.05) is 24.7 Å². The van der Waals surface area contributed by atoms with Crippen LogP contribution in [0.2, 0.25) is 5.02 Å². The highest BCUT2D eigenvalue weighted by molar-refractivity contribution is 9.09. The number of nitrogens with zero attached hydrogens (tertiary/aromatic N) is 2. The molecule has 7 nitrogen and oxygen atoms in total. The monoisotopic (exact) mass is 610 g/mol. The SMILES string of the molecule is C=CCOC(=O)[C@H]1[C@@H]2SC3(CC2Br)C(C(=O)N(CC=C)c2c(C)cccc2Cl)N([C@@H](CC)CO)C(=O)[C@H]13. The predicted molar refractivity (Wildman–Crippen MR) is 150 cm³/mol. The van der Waals surface area contributed by atoms with Gasteiger partial charge in [-0.15, -0.1) is 18.3 Å². The largest absolute Gasteiger partial charge is 0.461 e. The topological polar surface area (TPSA) is 87.2 Å². The smallest absolute Gasteiger partial charge is 0.311 e. The third kappa shape index (κ3) is 4.45. The number of anilines is 1. The third-order valence-electron chi connectivity index (χ3n) is 7.69. The molecule has 10 heteroatoms. The number of esters is 1. The van der Waals surface area contributed by atoms with Crippen LogP contribution in [-0.2, 0) is 19.1 Å². The molecule has 1 aromatic carbocycles. The van der Waals surface area contributed by atoms with Crippen molar-refractivity contribution in [3.63, 3.8) is 0 Å². The van der Waals surface area contributed by atoms with Gasteiger partial charge >= 0.3 is 5.97 Å². The molecule has 37 heavy (non-hydrogen) atoms. The minimum absolute atomic E-state index is 0.0484. The van der Waals surface area contributed by atoms with Gasteiger partial charge in [0.2, 0.25) is 5.91 Å². The molecule has 3 aliphatic rings. The second kappa shape index (κ2) is 11.1. The van der Waals surface area contributed by atoms with Crippen molar-refractivity contribution in [1.82, 2.24) is 4.90 Å². The highest BCUT2D eigenvalue weighted by Gasteiger charge is 2.76.